The van der Waals surface area contributed by atoms with Crippen molar-refractivity contribution in [1.82, 2.24) is 4.57 Å². The minimum atomic E-state index is -1.38. The molecule has 0 aliphatic carbocycles. The molecule has 0 saturated carbocycles. The summed E-state index contributed by atoms with van der Waals surface area (Å²) in [7, 11) is 0. The van der Waals surface area contributed by atoms with Crippen molar-refractivity contribution >= 4 is 6.29 Å². The van der Waals surface area contributed by atoms with E-state index in [1.807, 2.05) is 0 Å². The Morgan fingerprint density at radius 3 is 2.59 bits per heavy atom. The van der Waals surface area contributed by atoms with E-state index in [1.165, 1.54) is 12.3 Å². The number of rotatable bonds is 2. The van der Waals surface area contributed by atoms with Crippen LogP contribution in [0, 0.1) is 0 Å². The second-order valence-corrected chi connectivity index (χ2v) is 3.74. The summed E-state index contributed by atoms with van der Waals surface area (Å²) in [6.45, 7) is 0. The summed E-state index contributed by atoms with van der Waals surface area (Å²) in [6, 6.07) is 2.18. The molecule has 1 aliphatic heterocycles. The molecule has 1 aromatic rings. The van der Waals surface area contributed by atoms with Crippen molar-refractivity contribution in [3.05, 3.63) is 28.7 Å². The summed E-state index contributed by atoms with van der Waals surface area (Å²) in [5, 5.41) is 28.2. The average Bonchev–Trinajstić information content (AvgIpc) is 2.57. The number of pyridine rings is 1. The van der Waals surface area contributed by atoms with Crippen molar-refractivity contribution in [1.29, 1.82) is 0 Å². The molecule has 17 heavy (non-hydrogen) atoms. The quantitative estimate of drug-likeness (QED) is 0.536. The van der Waals surface area contributed by atoms with Gasteiger partial charge in [-0.15, -0.1) is 0 Å². The second kappa shape index (κ2) is 4.28. The molecular weight excluding hydrogens is 230 g/mol. The number of hydrogen-bond donors (Lipinski definition) is 3. The third-order valence-electron chi connectivity index (χ3n) is 2.62. The highest BCUT2D eigenvalue weighted by Crippen LogP contribution is 2.27. The lowest BCUT2D eigenvalue weighted by Crippen LogP contribution is -2.34. The molecule has 2 rings (SSSR count). The molecule has 92 valence electrons. The van der Waals surface area contributed by atoms with E-state index in [1.54, 1.807) is 0 Å². The van der Waals surface area contributed by atoms with Crippen molar-refractivity contribution in [2.75, 3.05) is 0 Å². The Morgan fingerprint density at radius 2 is 2.06 bits per heavy atom. The maximum atomic E-state index is 11.5. The van der Waals surface area contributed by atoms with Crippen LogP contribution >= 0.6 is 0 Å². The summed E-state index contributed by atoms with van der Waals surface area (Å²) in [4.78, 5) is 22.1. The molecule has 0 spiro atoms. The zero-order chi connectivity index (χ0) is 12.6. The molecular formula is C10H11NO6. The first-order valence-electron chi connectivity index (χ1n) is 4.92. The summed E-state index contributed by atoms with van der Waals surface area (Å²) in [5.41, 5.74) is -0.604. The van der Waals surface area contributed by atoms with Gasteiger partial charge in [0, 0.05) is 12.3 Å². The van der Waals surface area contributed by atoms with Gasteiger partial charge in [0.2, 0.25) is 0 Å². The minimum Gasteiger partial charge on any atom is -0.508 e. The number of aromatic nitrogens is 1. The molecule has 7 nitrogen and oxygen atoms in total. The molecule has 0 amide bonds. The number of nitrogens with zero attached hydrogens (tertiary/aromatic N) is 1. The van der Waals surface area contributed by atoms with Crippen molar-refractivity contribution in [2.24, 2.45) is 0 Å². The third kappa shape index (κ3) is 1.95. The van der Waals surface area contributed by atoms with Crippen LogP contribution in [-0.2, 0) is 9.53 Å². The zero-order valence-corrected chi connectivity index (χ0v) is 8.63. The Kier molecular flexibility index (Phi) is 2.97. The number of carbonyl (C=O) groups is 1. The van der Waals surface area contributed by atoms with Gasteiger partial charge in [-0.25, -0.2) is 0 Å². The van der Waals surface area contributed by atoms with Gasteiger partial charge in [0.25, 0.3) is 5.56 Å². The van der Waals surface area contributed by atoms with Crippen LogP contribution in [0.25, 0.3) is 0 Å². The molecule has 4 atom stereocenters. The maximum Gasteiger partial charge on any atom is 0.256 e. The van der Waals surface area contributed by atoms with Crippen molar-refractivity contribution < 1.29 is 24.9 Å². The van der Waals surface area contributed by atoms with Gasteiger partial charge < -0.3 is 24.9 Å². The third-order valence-corrected chi connectivity index (χ3v) is 2.62. The molecule has 7 heteroatoms. The molecule has 0 bridgehead atoms. The summed E-state index contributed by atoms with van der Waals surface area (Å²) in [6.07, 6.45) is -3.50. The Balaban J connectivity index is 2.35. The standard InChI is InChI=1S/C10H11NO6/c12-4-6-8(15)9(16)10(17-6)11-2-1-5(13)3-7(11)14/h1-4,6,8-10,13,15-16H/t6-,8-,9-,10-/m1/s1. The first-order valence-corrected chi connectivity index (χ1v) is 4.92. The van der Waals surface area contributed by atoms with E-state index in [0.29, 0.717) is 6.29 Å². The largest absolute Gasteiger partial charge is 0.508 e. The van der Waals surface area contributed by atoms with Gasteiger partial charge in [0.1, 0.15) is 24.1 Å². The van der Waals surface area contributed by atoms with Gasteiger partial charge in [-0.2, -0.15) is 0 Å². The number of aldehydes is 1. The lowest BCUT2D eigenvalue weighted by Gasteiger charge is -2.17. The number of ether oxygens (including phenoxy) is 1. The van der Waals surface area contributed by atoms with E-state index in [9.17, 15) is 19.8 Å². The van der Waals surface area contributed by atoms with Crippen LogP contribution in [-0.4, -0.2) is 44.5 Å². The molecule has 0 radical (unpaired) electrons. The van der Waals surface area contributed by atoms with E-state index in [4.69, 9.17) is 9.84 Å². The highest BCUT2D eigenvalue weighted by atomic mass is 16.6. The van der Waals surface area contributed by atoms with E-state index >= 15 is 0 Å². The smallest absolute Gasteiger partial charge is 0.256 e. The van der Waals surface area contributed by atoms with Crippen LogP contribution in [0.15, 0.2) is 23.1 Å². The molecule has 0 unspecified atom stereocenters. The molecule has 1 aliphatic rings. The summed E-state index contributed by atoms with van der Waals surface area (Å²) in [5.74, 6) is -0.216. The summed E-state index contributed by atoms with van der Waals surface area (Å²) < 4.78 is 6.05. The monoisotopic (exact) mass is 241 g/mol. The van der Waals surface area contributed by atoms with Gasteiger partial charge in [-0.3, -0.25) is 9.36 Å². The lowest BCUT2D eigenvalue weighted by atomic mass is 10.1. The van der Waals surface area contributed by atoms with Gasteiger partial charge in [-0.1, -0.05) is 0 Å². The van der Waals surface area contributed by atoms with Gasteiger partial charge in [0.05, 0.1) is 0 Å². The first kappa shape index (κ1) is 11.8. The fraction of sp³-hybridized carbons (Fsp3) is 0.400. The summed E-state index contributed by atoms with van der Waals surface area (Å²) >= 11 is 0. The van der Waals surface area contributed by atoms with E-state index < -0.39 is 30.1 Å². The Hall–Kier alpha value is -1.70. The predicted octanol–water partition coefficient (Wildman–Crippen LogP) is -1.63. The second-order valence-electron chi connectivity index (χ2n) is 3.74. The highest BCUT2D eigenvalue weighted by Gasteiger charge is 2.43. The van der Waals surface area contributed by atoms with Gasteiger partial charge in [-0.05, 0) is 6.07 Å². The molecule has 1 fully saturated rings. The van der Waals surface area contributed by atoms with Crippen LogP contribution in [0.3, 0.4) is 0 Å². The Labute approximate surface area is 95.5 Å². The van der Waals surface area contributed by atoms with Crippen LogP contribution in [0.4, 0.5) is 0 Å². The van der Waals surface area contributed by atoms with Crippen molar-refractivity contribution in [3.63, 3.8) is 0 Å². The maximum absolute atomic E-state index is 11.5. The van der Waals surface area contributed by atoms with E-state index in [0.717, 1.165) is 10.6 Å². The number of aromatic hydroxyl groups is 1. The van der Waals surface area contributed by atoms with Gasteiger partial charge >= 0.3 is 0 Å². The van der Waals surface area contributed by atoms with Crippen molar-refractivity contribution in [3.8, 4) is 5.75 Å². The highest BCUT2D eigenvalue weighted by molar-refractivity contribution is 5.58. The fourth-order valence-electron chi connectivity index (χ4n) is 1.72. The SMILES string of the molecule is O=C[C@H]1O[C@@H](n2ccc(O)cc2=O)[C@H](O)[C@@H]1O. The van der Waals surface area contributed by atoms with Gasteiger partial charge in [0.15, 0.2) is 12.5 Å². The Bertz CT molecular complexity index is 484. The fourth-order valence-corrected chi connectivity index (χ4v) is 1.72. The minimum absolute atomic E-state index is 0.216. The zero-order valence-electron chi connectivity index (χ0n) is 8.63. The number of aliphatic hydroxyl groups excluding tert-OH is 2. The van der Waals surface area contributed by atoms with Crippen LogP contribution < -0.4 is 5.56 Å². The Morgan fingerprint density at radius 1 is 1.35 bits per heavy atom. The average molecular weight is 241 g/mol. The first-order chi connectivity index (χ1) is 8.04. The van der Waals surface area contributed by atoms with Crippen LogP contribution in [0.1, 0.15) is 6.23 Å². The van der Waals surface area contributed by atoms with Crippen molar-refractivity contribution in [2.45, 2.75) is 24.5 Å². The van der Waals surface area contributed by atoms with E-state index in [-0.39, 0.29) is 5.75 Å². The number of hydrogen-bond acceptors (Lipinski definition) is 6. The molecule has 3 N–H and O–H groups in total. The predicted molar refractivity (Wildman–Crippen MR) is 54.4 cm³/mol. The topological polar surface area (TPSA) is 109 Å². The van der Waals surface area contributed by atoms with Crippen LogP contribution in [0.5, 0.6) is 5.75 Å². The normalized spacial score (nSPS) is 32.6. The molecule has 1 aromatic heterocycles. The lowest BCUT2D eigenvalue weighted by molar-refractivity contribution is -0.122. The van der Waals surface area contributed by atoms with E-state index in [2.05, 4.69) is 0 Å². The van der Waals surface area contributed by atoms with Crippen LogP contribution in [0.2, 0.25) is 0 Å². The molecule has 0 aromatic carbocycles. The number of aliphatic hydroxyl groups is 2. The molecule has 1 saturated heterocycles. The molecule has 2 heterocycles. The number of carbonyl (C=O) groups excluding carboxylic acids is 1.